The maximum Gasteiger partial charge on any atom is 0.192 e. The van der Waals surface area contributed by atoms with Gasteiger partial charge in [-0.15, -0.1) is 0 Å². The Morgan fingerprint density at radius 2 is 2.07 bits per heavy atom. The lowest BCUT2D eigenvalue weighted by atomic mass is 10.2. The fourth-order valence-corrected chi connectivity index (χ4v) is 2.83. The summed E-state index contributed by atoms with van der Waals surface area (Å²) in [4.78, 5) is 0. The molecular formula is C12H24O2Si. The molecular weight excluding hydrogens is 204 g/mol. The highest BCUT2D eigenvalue weighted by Crippen LogP contribution is 2.38. The van der Waals surface area contributed by atoms with Gasteiger partial charge in [0, 0.05) is 0 Å². The average molecular weight is 228 g/mol. The van der Waals surface area contributed by atoms with Crippen molar-refractivity contribution in [2.75, 3.05) is 6.61 Å². The molecule has 0 bridgehead atoms. The molecule has 0 heterocycles. The summed E-state index contributed by atoms with van der Waals surface area (Å²) < 4.78 is 6.25. The average Bonchev–Trinajstić information content (AvgIpc) is 2.49. The van der Waals surface area contributed by atoms with Gasteiger partial charge in [-0.05, 0) is 36.5 Å². The Bertz CT molecular complexity index is 251. The SMILES string of the molecule is CC(C)(C)[Si](C)(C)O[C@@H]1C=C(CO)CC1. The predicted molar refractivity (Wildman–Crippen MR) is 66.5 cm³/mol. The fourth-order valence-electron chi connectivity index (χ4n) is 1.54. The lowest BCUT2D eigenvalue weighted by Gasteiger charge is -2.38. The van der Waals surface area contributed by atoms with Gasteiger partial charge in [0.2, 0.25) is 0 Å². The van der Waals surface area contributed by atoms with Crippen LogP contribution in [0.4, 0.5) is 0 Å². The first-order valence-electron chi connectivity index (χ1n) is 5.74. The smallest absolute Gasteiger partial charge is 0.192 e. The van der Waals surface area contributed by atoms with Crippen molar-refractivity contribution in [1.82, 2.24) is 0 Å². The molecule has 3 heteroatoms. The summed E-state index contributed by atoms with van der Waals surface area (Å²) in [6.07, 6.45) is 4.40. The van der Waals surface area contributed by atoms with Crippen LogP contribution in [-0.4, -0.2) is 26.1 Å². The van der Waals surface area contributed by atoms with Crippen LogP contribution in [0.15, 0.2) is 11.6 Å². The molecule has 1 N–H and O–H groups in total. The zero-order chi connectivity index (χ0) is 11.7. The Hall–Kier alpha value is -0.123. The maximum absolute atomic E-state index is 9.03. The fraction of sp³-hybridized carbons (Fsp3) is 0.833. The van der Waals surface area contributed by atoms with Crippen LogP contribution in [0.5, 0.6) is 0 Å². The van der Waals surface area contributed by atoms with Crippen LogP contribution in [0.25, 0.3) is 0 Å². The van der Waals surface area contributed by atoms with Gasteiger partial charge < -0.3 is 9.53 Å². The molecule has 0 unspecified atom stereocenters. The van der Waals surface area contributed by atoms with E-state index in [4.69, 9.17) is 9.53 Å². The molecule has 2 nitrogen and oxygen atoms in total. The van der Waals surface area contributed by atoms with Crippen molar-refractivity contribution in [2.24, 2.45) is 0 Å². The van der Waals surface area contributed by atoms with Crippen LogP contribution in [0, 0.1) is 0 Å². The van der Waals surface area contributed by atoms with Crippen molar-refractivity contribution in [3.8, 4) is 0 Å². The summed E-state index contributed by atoms with van der Waals surface area (Å²) in [6, 6.07) is 0. The molecule has 1 atom stereocenters. The Balaban J connectivity index is 2.60. The van der Waals surface area contributed by atoms with Crippen LogP contribution in [-0.2, 0) is 4.43 Å². The van der Waals surface area contributed by atoms with E-state index in [9.17, 15) is 0 Å². The van der Waals surface area contributed by atoms with Crippen molar-refractivity contribution in [1.29, 1.82) is 0 Å². The number of aliphatic hydroxyl groups is 1. The minimum Gasteiger partial charge on any atom is -0.411 e. The number of aliphatic hydroxyl groups excluding tert-OH is 1. The van der Waals surface area contributed by atoms with E-state index in [2.05, 4.69) is 39.9 Å². The van der Waals surface area contributed by atoms with Gasteiger partial charge >= 0.3 is 0 Å². The molecule has 0 amide bonds. The number of rotatable bonds is 3. The van der Waals surface area contributed by atoms with Crippen molar-refractivity contribution in [3.63, 3.8) is 0 Å². The van der Waals surface area contributed by atoms with Gasteiger partial charge in [-0.1, -0.05) is 26.8 Å². The third-order valence-electron chi connectivity index (χ3n) is 3.63. The summed E-state index contributed by atoms with van der Waals surface area (Å²) in [7, 11) is -1.64. The van der Waals surface area contributed by atoms with Crippen molar-refractivity contribution in [2.45, 2.75) is 57.8 Å². The largest absolute Gasteiger partial charge is 0.411 e. The summed E-state index contributed by atoms with van der Waals surface area (Å²) in [5.41, 5.74) is 1.14. The predicted octanol–water partition coefficient (Wildman–Crippen LogP) is 3.09. The Kier molecular flexibility index (Phi) is 3.79. The summed E-state index contributed by atoms with van der Waals surface area (Å²) in [6.45, 7) is 11.5. The van der Waals surface area contributed by atoms with Crippen LogP contribution in [0.2, 0.25) is 18.1 Å². The molecule has 0 fully saturated rings. The van der Waals surface area contributed by atoms with Gasteiger partial charge in [-0.3, -0.25) is 0 Å². The minimum atomic E-state index is -1.64. The second-order valence-electron chi connectivity index (χ2n) is 5.94. The van der Waals surface area contributed by atoms with E-state index in [1.807, 2.05) is 0 Å². The first-order valence-corrected chi connectivity index (χ1v) is 8.65. The third kappa shape index (κ3) is 3.16. The summed E-state index contributed by atoms with van der Waals surface area (Å²) in [5.74, 6) is 0. The van der Waals surface area contributed by atoms with E-state index in [0.717, 1.165) is 18.4 Å². The molecule has 0 aromatic rings. The van der Waals surface area contributed by atoms with Crippen LogP contribution in [0.3, 0.4) is 0 Å². The zero-order valence-electron chi connectivity index (χ0n) is 10.6. The Morgan fingerprint density at radius 1 is 1.47 bits per heavy atom. The maximum atomic E-state index is 9.03. The van der Waals surface area contributed by atoms with Gasteiger partial charge in [-0.2, -0.15) is 0 Å². The highest BCUT2D eigenvalue weighted by Gasteiger charge is 2.39. The Labute approximate surface area is 94.5 Å². The van der Waals surface area contributed by atoms with Gasteiger partial charge in [-0.25, -0.2) is 0 Å². The summed E-state index contributed by atoms with van der Waals surface area (Å²) >= 11 is 0. The summed E-state index contributed by atoms with van der Waals surface area (Å²) in [5, 5.41) is 9.30. The van der Waals surface area contributed by atoms with Crippen molar-refractivity contribution < 1.29 is 9.53 Å². The molecule has 0 spiro atoms. The molecule has 15 heavy (non-hydrogen) atoms. The highest BCUT2D eigenvalue weighted by atomic mass is 28.4. The first kappa shape index (κ1) is 12.9. The molecule has 0 aliphatic heterocycles. The quantitative estimate of drug-likeness (QED) is 0.594. The van der Waals surface area contributed by atoms with Crippen molar-refractivity contribution in [3.05, 3.63) is 11.6 Å². The molecule has 0 saturated carbocycles. The van der Waals surface area contributed by atoms with Gasteiger partial charge in [0.1, 0.15) is 0 Å². The van der Waals surface area contributed by atoms with Crippen LogP contribution < -0.4 is 0 Å². The second-order valence-corrected chi connectivity index (χ2v) is 10.7. The van der Waals surface area contributed by atoms with E-state index in [1.165, 1.54) is 0 Å². The molecule has 0 saturated heterocycles. The molecule has 1 aliphatic rings. The molecule has 0 radical (unpaired) electrons. The normalized spacial score (nSPS) is 23.1. The van der Waals surface area contributed by atoms with E-state index in [-0.39, 0.29) is 17.7 Å². The molecule has 1 aliphatic carbocycles. The van der Waals surface area contributed by atoms with E-state index in [1.54, 1.807) is 0 Å². The molecule has 88 valence electrons. The van der Waals surface area contributed by atoms with Gasteiger partial charge in [0.05, 0.1) is 12.7 Å². The lowest BCUT2D eigenvalue weighted by molar-refractivity contribution is 0.224. The molecule has 1 rings (SSSR count). The van der Waals surface area contributed by atoms with Crippen LogP contribution >= 0.6 is 0 Å². The van der Waals surface area contributed by atoms with Crippen LogP contribution in [0.1, 0.15) is 33.6 Å². The monoisotopic (exact) mass is 228 g/mol. The number of hydrogen-bond donors (Lipinski definition) is 1. The molecule has 0 aromatic heterocycles. The van der Waals surface area contributed by atoms with E-state index >= 15 is 0 Å². The lowest BCUT2D eigenvalue weighted by Crippen LogP contribution is -2.43. The minimum absolute atomic E-state index is 0.192. The topological polar surface area (TPSA) is 29.5 Å². The second kappa shape index (κ2) is 4.40. The first-order chi connectivity index (χ1) is 6.76. The standard InChI is InChI=1S/C12H24O2Si/c1-12(2,3)15(4,5)14-11-7-6-10(8-11)9-13/h8,11,13H,6-7,9H2,1-5H3/t11-/m0/s1. The van der Waals surface area contributed by atoms with Gasteiger partial charge in [0.25, 0.3) is 0 Å². The molecule has 0 aromatic carbocycles. The van der Waals surface area contributed by atoms with Gasteiger partial charge in [0.15, 0.2) is 8.32 Å². The third-order valence-corrected chi connectivity index (χ3v) is 8.13. The Morgan fingerprint density at radius 3 is 2.47 bits per heavy atom. The number of hydrogen-bond acceptors (Lipinski definition) is 2. The highest BCUT2D eigenvalue weighted by molar-refractivity contribution is 6.74. The van der Waals surface area contributed by atoms with E-state index in [0.29, 0.717) is 0 Å². The van der Waals surface area contributed by atoms with E-state index < -0.39 is 8.32 Å². The van der Waals surface area contributed by atoms with Crippen molar-refractivity contribution >= 4 is 8.32 Å². The zero-order valence-corrected chi connectivity index (χ0v) is 11.6.